The van der Waals surface area contributed by atoms with Crippen LogP contribution in [0.5, 0.6) is 0 Å². The minimum Gasteiger partial charge on any atom is -0.441 e. The van der Waals surface area contributed by atoms with E-state index in [4.69, 9.17) is 9.57 Å². The zero-order chi connectivity index (χ0) is 19.0. The van der Waals surface area contributed by atoms with Crippen LogP contribution < -0.4 is 0 Å². The Balaban J connectivity index is 1.54. The zero-order valence-electron chi connectivity index (χ0n) is 15.3. The first-order valence-electron chi connectivity index (χ1n) is 8.98. The smallest absolute Gasteiger partial charge is 0.413 e. The van der Waals surface area contributed by atoms with Crippen LogP contribution in [0.25, 0.3) is 0 Å². The maximum Gasteiger partial charge on any atom is 0.413 e. The molecule has 6 heteroatoms. The first-order chi connectivity index (χ1) is 12.9. The van der Waals surface area contributed by atoms with Crippen LogP contribution in [0.3, 0.4) is 0 Å². The summed E-state index contributed by atoms with van der Waals surface area (Å²) in [6, 6.07) is 15.9. The average Bonchev–Trinajstić information content (AvgIpc) is 3.19. The van der Waals surface area contributed by atoms with E-state index in [1.165, 1.54) is 12.1 Å². The van der Waals surface area contributed by atoms with Crippen LogP contribution in [-0.2, 0) is 16.0 Å². The van der Waals surface area contributed by atoms with Gasteiger partial charge in [-0.3, -0.25) is 4.90 Å². The normalized spacial score (nSPS) is 23.7. The Morgan fingerprint density at radius 3 is 2.56 bits per heavy atom. The van der Waals surface area contributed by atoms with E-state index in [1.807, 2.05) is 44.2 Å². The minimum atomic E-state index is -0.644. The van der Waals surface area contributed by atoms with Gasteiger partial charge < -0.3 is 9.57 Å². The van der Waals surface area contributed by atoms with Crippen LogP contribution in [0.1, 0.15) is 31.4 Å². The molecule has 4 rings (SSSR count). The Morgan fingerprint density at radius 1 is 1.15 bits per heavy atom. The molecular formula is C21H21FN2O3. The fraction of sp³-hybridized carbons (Fsp3) is 0.333. The van der Waals surface area contributed by atoms with Crippen molar-refractivity contribution in [1.29, 1.82) is 0 Å². The van der Waals surface area contributed by atoms with Gasteiger partial charge in [0.25, 0.3) is 0 Å². The number of halogens is 1. The monoisotopic (exact) mass is 368 g/mol. The average molecular weight is 368 g/mol. The minimum absolute atomic E-state index is 0.180. The van der Waals surface area contributed by atoms with Crippen molar-refractivity contribution >= 4 is 11.8 Å². The Morgan fingerprint density at radius 2 is 1.85 bits per heavy atom. The Bertz CT molecular complexity index is 865. The summed E-state index contributed by atoms with van der Waals surface area (Å²) in [5.41, 5.74) is 1.95. The highest BCUT2D eigenvalue weighted by Gasteiger charge is 2.52. The second-order valence-corrected chi connectivity index (χ2v) is 7.39. The van der Waals surface area contributed by atoms with Crippen LogP contribution in [0, 0.1) is 5.82 Å². The summed E-state index contributed by atoms with van der Waals surface area (Å²) in [5.74, 6) is -0.303. The summed E-state index contributed by atoms with van der Waals surface area (Å²) in [4.78, 5) is 19.8. The van der Waals surface area contributed by atoms with Crippen molar-refractivity contribution in [3.63, 3.8) is 0 Å². The first-order valence-corrected chi connectivity index (χ1v) is 8.98. The molecular weight excluding hydrogens is 347 g/mol. The second-order valence-electron chi connectivity index (χ2n) is 7.39. The van der Waals surface area contributed by atoms with Gasteiger partial charge in [0.15, 0.2) is 0 Å². The number of ether oxygens (including phenoxy) is 1. The molecule has 27 heavy (non-hydrogen) atoms. The van der Waals surface area contributed by atoms with E-state index in [1.54, 1.807) is 17.0 Å². The van der Waals surface area contributed by atoms with Crippen molar-refractivity contribution in [2.24, 2.45) is 5.16 Å². The Labute approximate surface area is 157 Å². The number of carbonyl (C=O) groups excluding carboxylic acids is 1. The van der Waals surface area contributed by atoms with Crippen LogP contribution in [-0.4, -0.2) is 34.6 Å². The van der Waals surface area contributed by atoms with Crippen molar-refractivity contribution < 1.29 is 18.8 Å². The Kier molecular flexibility index (Phi) is 4.34. The molecule has 1 amide bonds. The molecule has 2 aromatic carbocycles. The van der Waals surface area contributed by atoms with Gasteiger partial charge in [-0.15, -0.1) is 0 Å². The summed E-state index contributed by atoms with van der Waals surface area (Å²) in [5, 5.41) is 4.13. The maximum atomic E-state index is 13.2. The molecule has 1 saturated heterocycles. The van der Waals surface area contributed by atoms with Crippen molar-refractivity contribution in [3.05, 3.63) is 71.5 Å². The lowest BCUT2D eigenvalue weighted by Crippen LogP contribution is -2.48. The lowest BCUT2D eigenvalue weighted by atomic mass is 9.91. The number of amides is 1. The number of hydrogen-bond acceptors (Lipinski definition) is 4. The molecule has 0 spiro atoms. The topological polar surface area (TPSA) is 51.1 Å². The predicted molar refractivity (Wildman–Crippen MR) is 98.8 cm³/mol. The number of cyclic esters (lactones) is 1. The SMILES string of the molecule is CC1(C)OC(=O)N([C@H]2CC(c3ccc(F)cc3)=NO2)[C@H]1Cc1ccccc1. The van der Waals surface area contributed by atoms with E-state index >= 15 is 0 Å². The van der Waals surface area contributed by atoms with E-state index in [0.29, 0.717) is 18.6 Å². The highest BCUT2D eigenvalue weighted by atomic mass is 19.1. The lowest BCUT2D eigenvalue weighted by molar-refractivity contribution is -0.0285. The second kappa shape index (κ2) is 6.68. The quantitative estimate of drug-likeness (QED) is 0.816. The van der Waals surface area contributed by atoms with Gasteiger partial charge in [0.2, 0.25) is 6.23 Å². The molecule has 0 unspecified atom stereocenters. The van der Waals surface area contributed by atoms with Crippen molar-refractivity contribution in [2.45, 2.75) is 44.6 Å². The predicted octanol–water partition coefficient (Wildman–Crippen LogP) is 4.12. The summed E-state index contributed by atoms with van der Waals surface area (Å²) in [7, 11) is 0. The fourth-order valence-corrected chi connectivity index (χ4v) is 3.63. The molecule has 5 nitrogen and oxygen atoms in total. The van der Waals surface area contributed by atoms with Crippen molar-refractivity contribution in [1.82, 2.24) is 4.90 Å². The van der Waals surface area contributed by atoms with Gasteiger partial charge in [-0.2, -0.15) is 0 Å². The first kappa shape index (κ1) is 17.5. The van der Waals surface area contributed by atoms with Crippen LogP contribution in [0.4, 0.5) is 9.18 Å². The van der Waals surface area contributed by atoms with Gasteiger partial charge in [-0.05, 0) is 43.5 Å². The maximum absolute atomic E-state index is 13.2. The molecule has 0 aromatic heterocycles. The third-order valence-electron chi connectivity index (χ3n) is 5.11. The molecule has 0 N–H and O–H groups in total. The van der Waals surface area contributed by atoms with Crippen molar-refractivity contribution in [3.8, 4) is 0 Å². The van der Waals surface area contributed by atoms with Gasteiger partial charge >= 0.3 is 6.09 Å². The summed E-state index contributed by atoms with van der Waals surface area (Å²) in [6.07, 6.45) is 0.155. The largest absolute Gasteiger partial charge is 0.441 e. The highest BCUT2D eigenvalue weighted by molar-refractivity contribution is 6.01. The van der Waals surface area contributed by atoms with E-state index in [2.05, 4.69) is 5.16 Å². The standard InChI is InChI=1S/C21H21FN2O3/c1-21(2)18(12-14-6-4-3-5-7-14)24(20(25)26-21)19-13-17(23-27-19)15-8-10-16(22)11-9-15/h3-11,18-19H,12-13H2,1-2H3/t18-,19+/m0/s1. The zero-order valence-corrected chi connectivity index (χ0v) is 15.3. The Hall–Kier alpha value is -2.89. The van der Waals surface area contributed by atoms with Gasteiger partial charge in [0.1, 0.15) is 11.4 Å². The van der Waals surface area contributed by atoms with Gasteiger partial charge in [0.05, 0.1) is 18.2 Å². The lowest BCUT2D eigenvalue weighted by Gasteiger charge is -2.31. The molecule has 0 radical (unpaired) electrons. The third-order valence-corrected chi connectivity index (χ3v) is 5.11. The van der Waals surface area contributed by atoms with E-state index in [9.17, 15) is 9.18 Å². The number of carbonyl (C=O) groups is 1. The highest BCUT2D eigenvalue weighted by Crippen LogP contribution is 2.36. The summed E-state index contributed by atoms with van der Waals surface area (Å²) >= 11 is 0. The van der Waals surface area contributed by atoms with E-state index in [-0.39, 0.29) is 11.9 Å². The molecule has 2 heterocycles. The van der Waals surface area contributed by atoms with Crippen LogP contribution in [0.2, 0.25) is 0 Å². The molecule has 0 aliphatic carbocycles. The number of nitrogens with zero attached hydrogens (tertiary/aromatic N) is 2. The van der Waals surface area contributed by atoms with Gasteiger partial charge in [-0.25, -0.2) is 9.18 Å². The number of rotatable bonds is 4. The molecule has 140 valence electrons. The number of benzene rings is 2. The summed E-state index contributed by atoms with van der Waals surface area (Å²) < 4.78 is 18.8. The van der Waals surface area contributed by atoms with Gasteiger partial charge in [0, 0.05) is 0 Å². The van der Waals surface area contributed by atoms with E-state index in [0.717, 1.165) is 11.1 Å². The molecule has 0 bridgehead atoms. The van der Waals surface area contributed by atoms with Crippen LogP contribution in [0.15, 0.2) is 59.8 Å². The number of oxime groups is 1. The van der Waals surface area contributed by atoms with Crippen LogP contribution >= 0.6 is 0 Å². The molecule has 2 aliphatic heterocycles. The fourth-order valence-electron chi connectivity index (χ4n) is 3.63. The molecule has 2 atom stereocenters. The summed E-state index contributed by atoms with van der Waals surface area (Å²) in [6.45, 7) is 3.82. The molecule has 1 fully saturated rings. The molecule has 0 saturated carbocycles. The van der Waals surface area contributed by atoms with Crippen molar-refractivity contribution in [2.75, 3.05) is 0 Å². The van der Waals surface area contributed by atoms with Gasteiger partial charge in [-0.1, -0.05) is 47.6 Å². The van der Waals surface area contributed by atoms with E-state index < -0.39 is 17.9 Å². The molecule has 2 aliphatic rings. The third kappa shape index (κ3) is 3.39. The number of hydrogen-bond donors (Lipinski definition) is 0. The molecule has 2 aromatic rings.